The molecule has 10 aromatic carbocycles. The van der Waals surface area contributed by atoms with Gasteiger partial charge >= 0.3 is 0 Å². The minimum atomic E-state index is 0.877. The van der Waals surface area contributed by atoms with Crippen molar-refractivity contribution in [2.24, 2.45) is 0 Å². The van der Waals surface area contributed by atoms with Crippen LogP contribution >= 0.6 is 0 Å². The van der Waals surface area contributed by atoms with Gasteiger partial charge in [-0.05, 0) is 117 Å². The van der Waals surface area contributed by atoms with Gasteiger partial charge in [-0.2, -0.15) is 0 Å². The quantitative estimate of drug-likeness (QED) is 0.144. The van der Waals surface area contributed by atoms with Gasteiger partial charge in [0.1, 0.15) is 11.1 Å². The molecule has 0 amide bonds. The molecule has 0 radical (unpaired) electrons. The van der Waals surface area contributed by atoms with Crippen molar-refractivity contribution in [2.45, 2.75) is 0 Å². The Labute approximate surface area is 378 Å². The Kier molecular flexibility index (Phi) is 9.50. The summed E-state index contributed by atoms with van der Waals surface area (Å²) in [6.07, 6.45) is 0. The zero-order chi connectivity index (χ0) is 43.1. The molecule has 2 heterocycles. The lowest BCUT2D eigenvalue weighted by Gasteiger charge is -2.26. The fourth-order valence-electron chi connectivity index (χ4n) is 9.40. The van der Waals surface area contributed by atoms with Gasteiger partial charge < -0.3 is 13.9 Å². The third-order valence-electron chi connectivity index (χ3n) is 12.6. The number of rotatable bonds is 9. The molecule has 0 saturated carbocycles. The normalized spacial score (nSPS) is 11.4. The molecule has 0 unspecified atom stereocenters. The van der Waals surface area contributed by atoms with Gasteiger partial charge in [-0.25, -0.2) is 0 Å². The van der Waals surface area contributed by atoms with E-state index in [1.54, 1.807) is 0 Å². The number of anilines is 3. The molecule has 0 fully saturated rings. The second kappa shape index (κ2) is 16.2. The van der Waals surface area contributed by atoms with E-state index in [4.69, 9.17) is 4.42 Å². The molecular formula is C62H42N2O. The van der Waals surface area contributed by atoms with Crippen LogP contribution < -0.4 is 4.90 Å². The van der Waals surface area contributed by atoms with Crippen LogP contribution in [0.3, 0.4) is 0 Å². The molecule has 2 aromatic heterocycles. The second-order valence-corrected chi connectivity index (χ2v) is 16.5. The molecule has 0 bridgehead atoms. The molecule has 0 atom stereocenters. The number of hydrogen-bond donors (Lipinski definition) is 0. The maximum atomic E-state index is 6.96. The highest BCUT2D eigenvalue weighted by molar-refractivity contribution is 6.18. The van der Waals surface area contributed by atoms with E-state index >= 15 is 0 Å². The van der Waals surface area contributed by atoms with E-state index in [-0.39, 0.29) is 0 Å². The van der Waals surface area contributed by atoms with Gasteiger partial charge in [-0.3, -0.25) is 0 Å². The van der Waals surface area contributed by atoms with Gasteiger partial charge in [0, 0.05) is 39.1 Å². The van der Waals surface area contributed by atoms with Crippen molar-refractivity contribution < 1.29 is 4.42 Å². The van der Waals surface area contributed by atoms with Crippen LogP contribution in [0, 0.1) is 0 Å². The Bertz CT molecular complexity index is 3460. The fraction of sp³-hybridized carbons (Fsp3) is 0. The van der Waals surface area contributed by atoms with Crippen molar-refractivity contribution in [3.05, 3.63) is 255 Å². The summed E-state index contributed by atoms with van der Waals surface area (Å²) in [7, 11) is 0. The Morgan fingerprint density at radius 3 is 1.25 bits per heavy atom. The summed E-state index contributed by atoms with van der Waals surface area (Å²) in [4.78, 5) is 2.35. The van der Waals surface area contributed by atoms with Crippen LogP contribution in [0.15, 0.2) is 259 Å². The highest BCUT2D eigenvalue weighted by atomic mass is 16.3. The summed E-state index contributed by atoms with van der Waals surface area (Å²) in [5.41, 5.74) is 19.9. The molecule has 12 rings (SSSR count). The van der Waals surface area contributed by atoms with Crippen molar-refractivity contribution in [2.75, 3.05) is 4.90 Å². The molecule has 3 heteroatoms. The SMILES string of the molecule is c1ccc(-c2ccc(-c3ccc(N(c4ccc(-c5ccc(-c6ccccc6)cc5)cc4)c4cccc(-c5cccc6c5oc5c7ccccc7n(-c7ccccc7)c65)c4)cc3)cc2)cc1. The number of para-hydroxylation sites is 3. The van der Waals surface area contributed by atoms with Gasteiger partial charge in [-0.15, -0.1) is 0 Å². The first-order valence-corrected chi connectivity index (χ1v) is 22.2. The van der Waals surface area contributed by atoms with Crippen LogP contribution in [0.4, 0.5) is 17.1 Å². The van der Waals surface area contributed by atoms with E-state index in [1.807, 2.05) is 0 Å². The number of aromatic nitrogens is 1. The predicted molar refractivity (Wildman–Crippen MR) is 272 cm³/mol. The molecule has 0 aliphatic carbocycles. The van der Waals surface area contributed by atoms with E-state index in [1.165, 1.54) is 44.5 Å². The van der Waals surface area contributed by atoms with E-state index < -0.39 is 0 Å². The molecule has 0 saturated heterocycles. The monoisotopic (exact) mass is 830 g/mol. The van der Waals surface area contributed by atoms with Crippen LogP contribution in [0.1, 0.15) is 0 Å². The molecule has 12 aromatic rings. The van der Waals surface area contributed by atoms with Crippen LogP contribution in [0.2, 0.25) is 0 Å². The topological polar surface area (TPSA) is 21.3 Å². The van der Waals surface area contributed by atoms with Gasteiger partial charge in [-0.1, -0.05) is 188 Å². The number of hydrogen-bond acceptors (Lipinski definition) is 2. The fourth-order valence-corrected chi connectivity index (χ4v) is 9.40. The number of fused-ring (bicyclic) bond motifs is 5. The molecule has 0 spiro atoms. The summed E-state index contributed by atoms with van der Waals surface area (Å²) in [5.74, 6) is 0. The van der Waals surface area contributed by atoms with Crippen molar-refractivity contribution in [3.8, 4) is 61.3 Å². The number of benzene rings is 10. The molecule has 3 nitrogen and oxygen atoms in total. The lowest BCUT2D eigenvalue weighted by atomic mass is 9.99. The Morgan fingerprint density at radius 2 is 0.708 bits per heavy atom. The lowest BCUT2D eigenvalue weighted by Crippen LogP contribution is -2.10. The van der Waals surface area contributed by atoms with Crippen LogP contribution in [0.25, 0.3) is 94.3 Å². The highest BCUT2D eigenvalue weighted by Gasteiger charge is 2.22. The average molecular weight is 831 g/mol. The molecule has 0 aliphatic rings. The summed E-state index contributed by atoms with van der Waals surface area (Å²) in [6.45, 7) is 0. The summed E-state index contributed by atoms with van der Waals surface area (Å²) < 4.78 is 9.30. The van der Waals surface area contributed by atoms with Crippen LogP contribution in [-0.2, 0) is 0 Å². The maximum Gasteiger partial charge on any atom is 0.161 e. The zero-order valence-corrected chi connectivity index (χ0v) is 35.6. The number of nitrogens with zero attached hydrogens (tertiary/aromatic N) is 2. The minimum Gasteiger partial charge on any atom is -0.453 e. The lowest BCUT2D eigenvalue weighted by molar-refractivity contribution is 0.674. The smallest absolute Gasteiger partial charge is 0.161 e. The Morgan fingerprint density at radius 1 is 0.292 bits per heavy atom. The molecule has 0 N–H and O–H groups in total. The van der Waals surface area contributed by atoms with E-state index in [0.717, 1.165) is 66.8 Å². The summed E-state index contributed by atoms with van der Waals surface area (Å²) >= 11 is 0. The largest absolute Gasteiger partial charge is 0.453 e. The van der Waals surface area contributed by atoms with Gasteiger partial charge in [0.05, 0.1) is 5.52 Å². The molecular weight excluding hydrogens is 789 g/mol. The Balaban J connectivity index is 0.943. The van der Waals surface area contributed by atoms with Gasteiger partial charge in [0.25, 0.3) is 0 Å². The summed E-state index contributed by atoms with van der Waals surface area (Å²) in [6, 6.07) is 91.1. The van der Waals surface area contributed by atoms with Crippen molar-refractivity contribution in [1.29, 1.82) is 0 Å². The zero-order valence-electron chi connectivity index (χ0n) is 35.6. The highest BCUT2D eigenvalue weighted by Crippen LogP contribution is 2.44. The third kappa shape index (κ3) is 6.97. The standard InChI is InChI=1S/C62H42N2O/c1-4-14-43(15-5-1)45-26-30-47(31-27-45)49-34-38-53(39-35-49)63(54-40-36-50(37-41-54)48-32-28-46(29-33-48)44-16-6-2-7-17-44)55-21-12-18-51(42-55)56-23-13-24-58-60-62(65-61(56)58)57-22-10-11-25-59(57)64(60)52-19-8-3-9-20-52/h1-42H. The maximum absolute atomic E-state index is 6.96. The van der Waals surface area contributed by atoms with E-state index in [2.05, 4.69) is 264 Å². The molecule has 306 valence electrons. The van der Waals surface area contributed by atoms with Gasteiger partial charge in [0.15, 0.2) is 5.58 Å². The minimum absolute atomic E-state index is 0.877. The third-order valence-corrected chi connectivity index (χ3v) is 12.6. The first-order chi connectivity index (χ1) is 32.2. The average Bonchev–Trinajstić information content (AvgIpc) is 3.93. The summed E-state index contributed by atoms with van der Waals surface area (Å²) in [5, 5.41) is 2.18. The predicted octanol–water partition coefficient (Wildman–Crippen LogP) is 17.3. The number of furan rings is 1. The van der Waals surface area contributed by atoms with Crippen molar-refractivity contribution in [3.63, 3.8) is 0 Å². The first-order valence-electron chi connectivity index (χ1n) is 22.2. The van der Waals surface area contributed by atoms with Crippen molar-refractivity contribution in [1.82, 2.24) is 4.57 Å². The van der Waals surface area contributed by atoms with E-state index in [0.29, 0.717) is 0 Å². The molecule has 0 aliphatic heterocycles. The van der Waals surface area contributed by atoms with Crippen LogP contribution in [-0.4, -0.2) is 4.57 Å². The molecule has 65 heavy (non-hydrogen) atoms. The van der Waals surface area contributed by atoms with Gasteiger partial charge in [0.2, 0.25) is 0 Å². The first kappa shape index (κ1) is 38.0. The Hall–Kier alpha value is -8.66. The van der Waals surface area contributed by atoms with E-state index in [9.17, 15) is 0 Å². The van der Waals surface area contributed by atoms with Crippen LogP contribution in [0.5, 0.6) is 0 Å². The second-order valence-electron chi connectivity index (χ2n) is 16.5. The van der Waals surface area contributed by atoms with Crippen molar-refractivity contribution >= 4 is 50.0 Å².